The van der Waals surface area contributed by atoms with E-state index in [0.29, 0.717) is 0 Å². The van der Waals surface area contributed by atoms with E-state index in [1.807, 2.05) is 24.3 Å². The van der Waals surface area contributed by atoms with Crippen LogP contribution >= 0.6 is 15.9 Å². The minimum Gasteiger partial charge on any atom is -0.248 e. The molecule has 0 fully saturated rings. The summed E-state index contributed by atoms with van der Waals surface area (Å²) in [4.78, 5) is 4.84. The van der Waals surface area contributed by atoms with E-state index < -0.39 is 0 Å². The van der Waals surface area contributed by atoms with Crippen molar-refractivity contribution in [3.05, 3.63) is 89.4 Å². The van der Waals surface area contributed by atoms with Gasteiger partial charge in [-0.15, -0.1) is 0 Å². The molecule has 0 unspecified atom stereocenters. The number of fused-ring (bicyclic) bond motifs is 1. The predicted molar refractivity (Wildman–Crippen MR) is 100 cm³/mol. The summed E-state index contributed by atoms with van der Waals surface area (Å²) in [5.74, 6) is 0. The summed E-state index contributed by atoms with van der Waals surface area (Å²) in [7, 11) is 0. The van der Waals surface area contributed by atoms with Gasteiger partial charge in [0.2, 0.25) is 0 Å². The Morgan fingerprint density at radius 1 is 0.652 bits per heavy atom. The van der Waals surface area contributed by atoms with Gasteiger partial charge in [0.25, 0.3) is 0 Å². The highest BCUT2D eigenvalue weighted by Gasteiger charge is 2.09. The number of benzene rings is 3. The molecular formula is C21H14BrN. The largest absolute Gasteiger partial charge is 0.248 e. The molecule has 1 aromatic heterocycles. The van der Waals surface area contributed by atoms with Crippen molar-refractivity contribution in [3.8, 4) is 22.4 Å². The molecule has 0 saturated carbocycles. The van der Waals surface area contributed by atoms with E-state index >= 15 is 0 Å². The van der Waals surface area contributed by atoms with Crippen molar-refractivity contribution >= 4 is 26.8 Å². The molecule has 1 nitrogen and oxygen atoms in total. The van der Waals surface area contributed by atoms with E-state index in [1.54, 1.807) is 0 Å². The molecular weight excluding hydrogens is 346 g/mol. The Labute approximate surface area is 143 Å². The number of rotatable bonds is 2. The molecule has 0 atom stereocenters. The fourth-order valence-electron chi connectivity index (χ4n) is 2.80. The first kappa shape index (κ1) is 14.2. The third-order valence-corrected chi connectivity index (χ3v) is 4.47. The molecule has 0 spiro atoms. The molecule has 0 saturated heterocycles. The van der Waals surface area contributed by atoms with E-state index in [9.17, 15) is 0 Å². The minimum absolute atomic E-state index is 1.00. The number of para-hydroxylation sites is 1. The lowest BCUT2D eigenvalue weighted by Gasteiger charge is -2.10. The van der Waals surface area contributed by atoms with Crippen LogP contribution in [-0.4, -0.2) is 4.98 Å². The van der Waals surface area contributed by atoms with E-state index in [-0.39, 0.29) is 0 Å². The summed E-state index contributed by atoms with van der Waals surface area (Å²) >= 11 is 3.51. The minimum atomic E-state index is 1.00. The molecule has 0 aliphatic heterocycles. The Kier molecular flexibility index (Phi) is 3.68. The molecule has 2 heteroatoms. The van der Waals surface area contributed by atoms with Gasteiger partial charge >= 0.3 is 0 Å². The lowest BCUT2D eigenvalue weighted by Crippen LogP contribution is -1.89. The van der Waals surface area contributed by atoms with Gasteiger partial charge in [-0.3, -0.25) is 0 Å². The SMILES string of the molecule is Brc1ccc(-c2cc(-c3ccccc3)nc3ccccc23)cc1. The van der Waals surface area contributed by atoms with Crippen molar-refractivity contribution in [1.29, 1.82) is 0 Å². The Morgan fingerprint density at radius 2 is 1.35 bits per heavy atom. The van der Waals surface area contributed by atoms with Crippen LogP contribution in [0.5, 0.6) is 0 Å². The second kappa shape index (κ2) is 5.98. The molecule has 0 bridgehead atoms. The van der Waals surface area contributed by atoms with Crippen LogP contribution < -0.4 is 0 Å². The molecule has 0 N–H and O–H groups in total. The van der Waals surface area contributed by atoms with Crippen LogP contribution in [0.1, 0.15) is 0 Å². The van der Waals surface area contributed by atoms with Crippen molar-refractivity contribution in [2.75, 3.05) is 0 Å². The Bertz CT molecular complexity index is 960. The average Bonchev–Trinajstić information content (AvgIpc) is 2.62. The number of halogens is 1. The van der Waals surface area contributed by atoms with Crippen molar-refractivity contribution in [3.63, 3.8) is 0 Å². The monoisotopic (exact) mass is 359 g/mol. The maximum absolute atomic E-state index is 4.84. The van der Waals surface area contributed by atoms with Crippen molar-refractivity contribution in [1.82, 2.24) is 4.98 Å². The fraction of sp³-hybridized carbons (Fsp3) is 0. The summed E-state index contributed by atoms with van der Waals surface area (Å²) in [5, 5.41) is 1.18. The van der Waals surface area contributed by atoms with Crippen LogP contribution in [-0.2, 0) is 0 Å². The number of pyridine rings is 1. The first-order valence-corrected chi connectivity index (χ1v) is 8.32. The number of hydrogen-bond acceptors (Lipinski definition) is 1. The van der Waals surface area contributed by atoms with Gasteiger partial charge < -0.3 is 0 Å². The average molecular weight is 360 g/mol. The number of nitrogens with zero attached hydrogens (tertiary/aromatic N) is 1. The summed E-state index contributed by atoms with van der Waals surface area (Å²) in [6.07, 6.45) is 0. The summed E-state index contributed by atoms with van der Waals surface area (Å²) in [5.41, 5.74) is 5.57. The highest BCUT2D eigenvalue weighted by molar-refractivity contribution is 9.10. The quantitative estimate of drug-likeness (QED) is 0.407. The first-order valence-electron chi connectivity index (χ1n) is 7.52. The zero-order valence-electron chi connectivity index (χ0n) is 12.4. The third kappa shape index (κ3) is 2.78. The molecule has 1 heterocycles. The Hall–Kier alpha value is -2.45. The molecule has 0 amide bonds. The summed E-state index contributed by atoms with van der Waals surface area (Å²) in [6, 6.07) is 29.2. The first-order chi connectivity index (χ1) is 11.3. The topological polar surface area (TPSA) is 12.9 Å². The van der Waals surface area contributed by atoms with Crippen LogP contribution in [0.15, 0.2) is 89.4 Å². The van der Waals surface area contributed by atoms with Gasteiger partial charge in [-0.1, -0.05) is 76.6 Å². The normalized spacial score (nSPS) is 10.8. The van der Waals surface area contributed by atoms with Gasteiger partial charge in [0.05, 0.1) is 11.2 Å². The molecule has 110 valence electrons. The number of aromatic nitrogens is 1. The van der Waals surface area contributed by atoms with E-state index in [4.69, 9.17) is 4.98 Å². The van der Waals surface area contributed by atoms with Crippen molar-refractivity contribution in [2.24, 2.45) is 0 Å². The Morgan fingerprint density at radius 3 is 2.13 bits per heavy atom. The van der Waals surface area contributed by atoms with Gasteiger partial charge in [0, 0.05) is 15.4 Å². The van der Waals surface area contributed by atoms with Gasteiger partial charge in [-0.25, -0.2) is 4.98 Å². The zero-order chi connectivity index (χ0) is 15.6. The van der Waals surface area contributed by atoms with Crippen LogP contribution in [0.3, 0.4) is 0 Å². The standard InChI is InChI=1S/C21H14BrN/c22-17-12-10-15(11-13-17)19-14-21(16-6-2-1-3-7-16)23-20-9-5-4-8-18(19)20/h1-14H. The van der Waals surface area contributed by atoms with Gasteiger partial charge in [-0.2, -0.15) is 0 Å². The summed E-state index contributed by atoms with van der Waals surface area (Å²) < 4.78 is 1.09. The lowest BCUT2D eigenvalue weighted by molar-refractivity contribution is 1.40. The van der Waals surface area contributed by atoms with Crippen LogP contribution in [0.25, 0.3) is 33.3 Å². The molecule has 4 rings (SSSR count). The fourth-order valence-corrected chi connectivity index (χ4v) is 3.06. The molecule has 3 aromatic carbocycles. The highest BCUT2D eigenvalue weighted by Crippen LogP contribution is 2.32. The zero-order valence-corrected chi connectivity index (χ0v) is 14.0. The Balaban J connectivity index is 2.00. The van der Waals surface area contributed by atoms with Gasteiger partial charge in [-0.05, 0) is 35.4 Å². The van der Waals surface area contributed by atoms with Gasteiger partial charge in [0.15, 0.2) is 0 Å². The van der Waals surface area contributed by atoms with E-state index in [2.05, 4.69) is 76.6 Å². The molecule has 0 aliphatic carbocycles. The summed E-state index contributed by atoms with van der Waals surface area (Å²) in [6.45, 7) is 0. The number of hydrogen-bond donors (Lipinski definition) is 0. The van der Waals surface area contributed by atoms with Crippen molar-refractivity contribution < 1.29 is 0 Å². The highest BCUT2D eigenvalue weighted by atomic mass is 79.9. The van der Waals surface area contributed by atoms with Crippen LogP contribution in [0.4, 0.5) is 0 Å². The third-order valence-electron chi connectivity index (χ3n) is 3.94. The maximum Gasteiger partial charge on any atom is 0.0715 e. The molecule has 0 aliphatic rings. The molecule has 0 radical (unpaired) electrons. The van der Waals surface area contributed by atoms with Crippen LogP contribution in [0.2, 0.25) is 0 Å². The molecule has 23 heavy (non-hydrogen) atoms. The van der Waals surface area contributed by atoms with Crippen LogP contribution in [0, 0.1) is 0 Å². The lowest BCUT2D eigenvalue weighted by atomic mass is 9.98. The van der Waals surface area contributed by atoms with Crippen molar-refractivity contribution in [2.45, 2.75) is 0 Å². The van der Waals surface area contributed by atoms with Gasteiger partial charge in [0.1, 0.15) is 0 Å². The second-order valence-corrected chi connectivity index (χ2v) is 6.36. The second-order valence-electron chi connectivity index (χ2n) is 5.45. The smallest absolute Gasteiger partial charge is 0.0715 e. The van der Waals surface area contributed by atoms with E-state index in [0.717, 1.165) is 21.2 Å². The van der Waals surface area contributed by atoms with E-state index in [1.165, 1.54) is 16.5 Å². The maximum atomic E-state index is 4.84. The molecule has 4 aromatic rings. The predicted octanol–water partition coefficient (Wildman–Crippen LogP) is 6.33.